The standard InChI is InChI=1S/C27H37N5O5/c1-29(2)26(36)31-11-7-18(8-12-31)16-30-13-9-27(37,10-14-30)20-3-4-21-19(15-20)17-32(25(21)35)22-5-6-23(33)28-24(22)34/h3-4,15,18,22,37H,5-14,16-17H2,1-2H3,(H,28,33,34). The van der Waals surface area contributed by atoms with E-state index >= 15 is 0 Å². The van der Waals surface area contributed by atoms with Crippen LogP contribution < -0.4 is 5.32 Å². The molecule has 1 unspecified atom stereocenters. The van der Waals surface area contributed by atoms with Gasteiger partial charge in [-0.25, -0.2) is 4.79 Å². The molecule has 1 atom stereocenters. The van der Waals surface area contributed by atoms with Crippen molar-refractivity contribution in [3.63, 3.8) is 0 Å². The minimum atomic E-state index is -0.946. The number of nitrogens with one attached hydrogen (secondary N) is 1. The smallest absolute Gasteiger partial charge is 0.319 e. The molecule has 0 spiro atoms. The normalized spacial score (nSPS) is 24.7. The van der Waals surface area contributed by atoms with Crippen molar-refractivity contribution in [2.24, 2.45) is 5.92 Å². The van der Waals surface area contributed by atoms with Crippen molar-refractivity contribution in [2.45, 2.75) is 56.7 Å². The zero-order valence-electron chi connectivity index (χ0n) is 21.7. The average molecular weight is 512 g/mol. The van der Waals surface area contributed by atoms with E-state index in [1.807, 2.05) is 17.0 Å². The third-order valence-corrected chi connectivity index (χ3v) is 8.53. The topological polar surface area (TPSA) is 114 Å². The summed E-state index contributed by atoms with van der Waals surface area (Å²) in [4.78, 5) is 56.5. The second-order valence-corrected chi connectivity index (χ2v) is 11.2. The lowest BCUT2D eigenvalue weighted by Crippen LogP contribution is -2.52. The summed E-state index contributed by atoms with van der Waals surface area (Å²) in [5.41, 5.74) is 1.26. The number of benzene rings is 1. The number of urea groups is 1. The van der Waals surface area contributed by atoms with E-state index in [1.54, 1.807) is 30.0 Å². The SMILES string of the molecule is CN(C)C(=O)N1CCC(CN2CCC(O)(c3ccc4c(c3)CN(C3CCC(=O)NC3=O)C4=O)CC2)CC1. The molecule has 5 rings (SSSR count). The molecule has 5 amide bonds. The zero-order chi connectivity index (χ0) is 26.3. The summed E-state index contributed by atoms with van der Waals surface area (Å²) in [5, 5.41) is 13.9. The van der Waals surface area contributed by atoms with Crippen molar-refractivity contribution in [3.05, 3.63) is 34.9 Å². The van der Waals surface area contributed by atoms with Crippen molar-refractivity contribution >= 4 is 23.8 Å². The molecule has 0 aromatic heterocycles. The fourth-order valence-electron chi connectivity index (χ4n) is 6.21. The summed E-state index contributed by atoms with van der Waals surface area (Å²) in [6, 6.07) is 4.98. The van der Waals surface area contributed by atoms with Crippen LogP contribution in [0.3, 0.4) is 0 Å². The van der Waals surface area contributed by atoms with Gasteiger partial charge in [0, 0.05) is 65.3 Å². The van der Waals surface area contributed by atoms with Gasteiger partial charge < -0.3 is 24.7 Å². The minimum Gasteiger partial charge on any atom is -0.385 e. The number of imide groups is 1. The predicted molar refractivity (Wildman–Crippen MR) is 135 cm³/mol. The Morgan fingerprint density at radius 3 is 2.43 bits per heavy atom. The van der Waals surface area contributed by atoms with Crippen LogP contribution in [0.4, 0.5) is 4.79 Å². The molecule has 1 aromatic rings. The molecular formula is C27H37N5O5. The number of piperidine rings is 3. The van der Waals surface area contributed by atoms with Gasteiger partial charge in [0.25, 0.3) is 5.91 Å². The fourth-order valence-corrected chi connectivity index (χ4v) is 6.21. The summed E-state index contributed by atoms with van der Waals surface area (Å²) in [6.45, 7) is 4.48. The molecule has 4 aliphatic heterocycles. The number of carbonyl (C=O) groups is 4. The van der Waals surface area contributed by atoms with Crippen molar-refractivity contribution in [3.8, 4) is 0 Å². The molecular weight excluding hydrogens is 474 g/mol. The first-order chi connectivity index (χ1) is 17.6. The van der Waals surface area contributed by atoms with Gasteiger partial charge in [0.1, 0.15) is 6.04 Å². The number of aliphatic hydroxyl groups is 1. The molecule has 4 aliphatic rings. The summed E-state index contributed by atoms with van der Waals surface area (Å²) >= 11 is 0. The quantitative estimate of drug-likeness (QED) is 0.586. The van der Waals surface area contributed by atoms with Crippen LogP contribution in [-0.2, 0) is 21.7 Å². The molecule has 0 radical (unpaired) electrons. The van der Waals surface area contributed by atoms with Crippen molar-refractivity contribution in [2.75, 3.05) is 46.8 Å². The van der Waals surface area contributed by atoms with Gasteiger partial charge in [-0.05, 0) is 55.2 Å². The third-order valence-electron chi connectivity index (χ3n) is 8.53. The van der Waals surface area contributed by atoms with Crippen molar-refractivity contribution in [1.82, 2.24) is 24.9 Å². The van der Waals surface area contributed by atoms with Gasteiger partial charge >= 0.3 is 6.03 Å². The average Bonchev–Trinajstić information content (AvgIpc) is 3.21. The Morgan fingerprint density at radius 1 is 1.08 bits per heavy atom. The van der Waals surface area contributed by atoms with Crippen LogP contribution >= 0.6 is 0 Å². The number of hydrogen-bond donors (Lipinski definition) is 2. The van der Waals surface area contributed by atoms with Crippen LogP contribution in [0.1, 0.15) is 60.0 Å². The van der Waals surface area contributed by atoms with Gasteiger partial charge in [-0.1, -0.05) is 12.1 Å². The maximum Gasteiger partial charge on any atom is 0.319 e. The Balaban J connectivity index is 1.16. The lowest BCUT2D eigenvalue weighted by atomic mass is 9.83. The van der Waals surface area contributed by atoms with E-state index in [4.69, 9.17) is 0 Å². The largest absolute Gasteiger partial charge is 0.385 e. The molecule has 0 bridgehead atoms. The van der Waals surface area contributed by atoms with Crippen LogP contribution in [0, 0.1) is 5.92 Å². The molecule has 0 saturated carbocycles. The van der Waals surface area contributed by atoms with E-state index in [9.17, 15) is 24.3 Å². The molecule has 10 nitrogen and oxygen atoms in total. The summed E-state index contributed by atoms with van der Waals surface area (Å²) in [5.74, 6) is -0.359. The monoisotopic (exact) mass is 511 g/mol. The molecule has 3 fully saturated rings. The van der Waals surface area contributed by atoms with Gasteiger partial charge in [0.15, 0.2) is 0 Å². The number of rotatable bonds is 4. The molecule has 3 saturated heterocycles. The van der Waals surface area contributed by atoms with Gasteiger partial charge in [0.05, 0.1) is 5.60 Å². The van der Waals surface area contributed by atoms with Crippen LogP contribution in [0.2, 0.25) is 0 Å². The Morgan fingerprint density at radius 2 is 1.78 bits per heavy atom. The highest BCUT2D eigenvalue weighted by atomic mass is 16.3. The Labute approximate surface area is 217 Å². The summed E-state index contributed by atoms with van der Waals surface area (Å²) in [6.07, 6.45) is 3.81. The van der Waals surface area contributed by atoms with E-state index in [-0.39, 0.29) is 24.3 Å². The van der Waals surface area contributed by atoms with Gasteiger partial charge in [-0.3, -0.25) is 19.7 Å². The van der Waals surface area contributed by atoms with Crippen LogP contribution in [-0.4, -0.2) is 101 Å². The van der Waals surface area contributed by atoms with Crippen LogP contribution in [0.5, 0.6) is 0 Å². The summed E-state index contributed by atoms with van der Waals surface area (Å²) < 4.78 is 0. The molecule has 200 valence electrons. The highest BCUT2D eigenvalue weighted by Crippen LogP contribution is 2.37. The zero-order valence-corrected chi connectivity index (χ0v) is 21.7. The van der Waals surface area contributed by atoms with E-state index in [0.717, 1.165) is 56.7 Å². The van der Waals surface area contributed by atoms with E-state index in [2.05, 4.69) is 10.2 Å². The molecule has 0 aliphatic carbocycles. The van der Waals surface area contributed by atoms with Gasteiger partial charge in [0.2, 0.25) is 11.8 Å². The van der Waals surface area contributed by atoms with Crippen molar-refractivity contribution < 1.29 is 24.3 Å². The Bertz CT molecular complexity index is 1090. The van der Waals surface area contributed by atoms with E-state index in [0.29, 0.717) is 37.3 Å². The maximum atomic E-state index is 13.0. The lowest BCUT2D eigenvalue weighted by Gasteiger charge is -2.41. The first kappa shape index (κ1) is 25.7. The highest BCUT2D eigenvalue weighted by molar-refractivity contribution is 6.05. The van der Waals surface area contributed by atoms with Crippen LogP contribution in [0.15, 0.2) is 18.2 Å². The second-order valence-electron chi connectivity index (χ2n) is 11.2. The molecule has 10 heteroatoms. The number of likely N-dealkylation sites (tertiary alicyclic amines) is 2. The van der Waals surface area contributed by atoms with E-state index < -0.39 is 17.6 Å². The lowest BCUT2D eigenvalue weighted by molar-refractivity contribution is -0.136. The van der Waals surface area contributed by atoms with Crippen molar-refractivity contribution in [1.29, 1.82) is 0 Å². The van der Waals surface area contributed by atoms with Gasteiger partial charge in [-0.2, -0.15) is 0 Å². The van der Waals surface area contributed by atoms with Gasteiger partial charge in [-0.15, -0.1) is 0 Å². The fraction of sp³-hybridized carbons (Fsp3) is 0.630. The Kier molecular flexibility index (Phi) is 6.97. The van der Waals surface area contributed by atoms with E-state index in [1.165, 1.54) is 0 Å². The molecule has 2 N–H and O–H groups in total. The highest BCUT2D eigenvalue weighted by Gasteiger charge is 2.41. The second kappa shape index (κ2) is 10.1. The number of nitrogens with zero attached hydrogens (tertiary/aromatic N) is 4. The minimum absolute atomic E-state index is 0.0813. The first-order valence-electron chi connectivity index (χ1n) is 13.3. The summed E-state index contributed by atoms with van der Waals surface area (Å²) in [7, 11) is 3.58. The molecule has 4 heterocycles. The third kappa shape index (κ3) is 5.09. The number of carbonyl (C=O) groups excluding carboxylic acids is 4. The Hall–Kier alpha value is -2.98. The molecule has 37 heavy (non-hydrogen) atoms. The molecule has 1 aromatic carbocycles. The first-order valence-corrected chi connectivity index (χ1v) is 13.3. The predicted octanol–water partition coefficient (Wildman–Crippen LogP) is 1.12. The van der Waals surface area contributed by atoms with Crippen LogP contribution in [0.25, 0.3) is 0 Å². The number of fused-ring (bicyclic) bond motifs is 1. The number of hydrogen-bond acceptors (Lipinski definition) is 6. The maximum absolute atomic E-state index is 13.0. The number of amides is 5.